The van der Waals surface area contributed by atoms with Gasteiger partial charge >= 0.3 is 21.7 Å². The molecule has 0 saturated carbocycles. The zero-order valence-electron chi connectivity index (χ0n) is 12.8. The molecule has 0 spiro atoms. The van der Waals surface area contributed by atoms with Crippen LogP contribution in [0.2, 0.25) is 13.6 Å². The van der Waals surface area contributed by atoms with Crippen molar-refractivity contribution in [2.24, 2.45) is 5.92 Å². The van der Waals surface area contributed by atoms with Gasteiger partial charge in [0.2, 0.25) is 0 Å². The first kappa shape index (κ1) is 22.9. The van der Waals surface area contributed by atoms with Crippen LogP contribution in [-0.2, 0) is 21.7 Å². The maximum absolute atomic E-state index is 2.36. The van der Waals surface area contributed by atoms with Crippen molar-refractivity contribution >= 4 is 14.9 Å². The van der Waals surface area contributed by atoms with Gasteiger partial charge in [0.05, 0.1) is 0 Å². The summed E-state index contributed by atoms with van der Waals surface area (Å²) in [6, 6.07) is 0. The summed E-state index contributed by atoms with van der Waals surface area (Å²) in [5.74, 6) is 1.31. The van der Waals surface area contributed by atoms with Crippen LogP contribution in [0.5, 0.6) is 0 Å². The Morgan fingerprint density at radius 3 is 1.85 bits per heavy atom. The van der Waals surface area contributed by atoms with Gasteiger partial charge in [-0.1, -0.05) is 38.0 Å². The Labute approximate surface area is 153 Å². The van der Waals surface area contributed by atoms with E-state index in [4.69, 9.17) is 0 Å². The smallest absolute Gasteiger partial charge is 1.00 e. The molecule has 0 radical (unpaired) electrons. The third kappa shape index (κ3) is 4.56. The summed E-state index contributed by atoms with van der Waals surface area (Å²) >= 11 is 0. The topological polar surface area (TPSA) is 0 Å². The summed E-state index contributed by atoms with van der Waals surface area (Å²) in [7, 11) is 0.925. The Hall–Kier alpha value is 0.619. The van der Waals surface area contributed by atoms with E-state index in [9.17, 15) is 0 Å². The molecule has 0 aromatic carbocycles. The first-order valence-electron chi connectivity index (χ1n) is 6.53. The van der Waals surface area contributed by atoms with Gasteiger partial charge < -0.3 is 24.8 Å². The second-order valence-corrected chi connectivity index (χ2v) is 7.07. The molecule has 1 aromatic rings. The van der Waals surface area contributed by atoms with Crippen molar-refractivity contribution in [2.45, 2.75) is 40.2 Å². The Morgan fingerprint density at radius 2 is 1.50 bits per heavy atom. The van der Waals surface area contributed by atoms with Crippen LogP contribution >= 0.6 is 8.19 Å². The van der Waals surface area contributed by atoms with Crippen molar-refractivity contribution in [1.29, 1.82) is 0 Å². The molecule has 2 rings (SSSR count). The number of aryl methyl sites for hydroxylation is 1. The van der Waals surface area contributed by atoms with Crippen LogP contribution in [0.3, 0.4) is 0 Å². The zero-order valence-corrected chi connectivity index (χ0v) is 16.9. The predicted molar refractivity (Wildman–Crippen MR) is 82.1 cm³/mol. The van der Waals surface area contributed by atoms with Gasteiger partial charge in [0.15, 0.2) is 0 Å². The SMILES string of the molecule is CB(C)C(c1[pH]c(C)c(C)c1C)C1C=CC=C1.[Cl-].[Cl-].[Ti+2]. The van der Waals surface area contributed by atoms with Crippen LogP contribution in [0.15, 0.2) is 24.3 Å². The van der Waals surface area contributed by atoms with Crippen LogP contribution in [-0.4, -0.2) is 6.71 Å². The van der Waals surface area contributed by atoms with Crippen molar-refractivity contribution in [3.8, 4) is 0 Å². The van der Waals surface area contributed by atoms with Crippen LogP contribution < -0.4 is 24.8 Å². The fraction of sp³-hybridized carbons (Fsp3) is 0.467. The molecule has 0 saturated heterocycles. The van der Waals surface area contributed by atoms with E-state index in [0.29, 0.717) is 18.4 Å². The molecule has 0 fully saturated rings. The van der Waals surface area contributed by atoms with Gasteiger partial charge in [-0.25, -0.2) is 0 Å². The maximum Gasteiger partial charge on any atom is 2.00 e. The molecule has 0 amide bonds. The van der Waals surface area contributed by atoms with Gasteiger partial charge in [-0.3, -0.25) is 0 Å². The molecule has 2 unspecified atom stereocenters. The van der Waals surface area contributed by atoms with Crippen molar-refractivity contribution in [3.63, 3.8) is 0 Å². The number of halogens is 2. The molecule has 1 aliphatic rings. The largest absolute Gasteiger partial charge is 2.00 e. The van der Waals surface area contributed by atoms with Gasteiger partial charge in [0.25, 0.3) is 0 Å². The van der Waals surface area contributed by atoms with E-state index in [1.807, 2.05) is 0 Å². The minimum atomic E-state index is 0. The summed E-state index contributed by atoms with van der Waals surface area (Å²) in [6.07, 6.45) is 9.11. The molecule has 1 aliphatic carbocycles. The summed E-state index contributed by atoms with van der Waals surface area (Å²) < 4.78 is 0. The van der Waals surface area contributed by atoms with Gasteiger partial charge in [0.1, 0.15) is 6.71 Å². The van der Waals surface area contributed by atoms with Crippen LogP contribution in [0.1, 0.15) is 27.5 Å². The van der Waals surface area contributed by atoms with E-state index in [1.165, 1.54) is 5.56 Å². The predicted octanol–water partition coefficient (Wildman–Crippen LogP) is -1.23. The Kier molecular flexibility index (Phi) is 11.0. The van der Waals surface area contributed by atoms with Crippen molar-refractivity contribution in [2.75, 3.05) is 0 Å². The fourth-order valence-corrected chi connectivity index (χ4v) is 4.71. The number of rotatable bonds is 3. The molecule has 0 bridgehead atoms. The second-order valence-electron chi connectivity index (χ2n) is 5.53. The number of allylic oxidation sites excluding steroid dienone is 4. The summed E-state index contributed by atoms with van der Waals surface area (Å²) in [5, 5.41) is 3.30. The molecule has 108 valence electrons. The molecular formula is C15H22BCl2PTi. The molecule has 0 nitrogen and oxygen atoms in total. The fourth-order valence-electron chi connectivity index (χ4n) is 2.86. The van der Waals surface area contributed by atoms with Gasteiger partial charge in [-0.2, -0.15) is 0 Å². The maximum atomic E-state index is 2.36. The molecule has 1 aromatic heterocycles. The average molecular weight is 363 g/mol. The molecule has 2 atom stereocenters. The minimum absolute atomic E-state index is 0. The van der Waals surface area contributed by atoms with Gasteiger partial charge in [0, 0.05) is 0 Å². The Balaban J connectivity index is 0. The van der Waals surface area contributed by atoms with E-state index >= 15 is 0 Å². The monoisotopic (exact) mass is 362 g/mol. The van der Waals surface area contributed by atoms with E-state index < -0.39 is 0 Å². The van der Waals surface area contributed by atoms with Crippen LogP contribution in [0.4, 0.5) is 0 Å². The zero-order chi connectivity index (χ0) is 12.6. The summed E-state index contributed by atoms with van der Waals surface area (Å²) in [6.45, 7) is 12.3. The second kappa shape index (κ2) is 9.60. The van der Waals surface area contributed by atoms with Gasteiger partial charge in [-0.15, -0.1) is 8.19 Å². The van der Waals surface area contributed by atoms with E-state index in [2.05, 4.69) is 58.7 Å². The van der Waals surface area contributed by atoms with Crippen LogP contribution in [0, 0.1) is 26.7 Å². The first-order valence-corrected chi connectivity index (χ1v) is 7.53. The quantitative estimate of drug-likeness (QED) is 0.591. The summed E-state index contributed by atoms with van der Waals surface area (Å²) in [4.78, 5) is 0. The van der Waals surface area contributed by atoms with Gasteiger partial charge in [-0.05, 0) is 54.2 Å². The van der Waals surface area contributed by atoms with E-state index in [1.54, 1.807) is 16.2 Å². The number of hydrogen-bond donors (Lipinski definition) is 0. The average Bonchev–Trinajstić information content (AvgIpc) is 2.85. The number of hydrogen-bond acceptors (Lipinski definition) is 0. The molecule has 0 N–H and O–H groups in total. The van der Waals surface area contributed by atoms with Crippen molar-refractivity contribution < 1.29 is 46.5 Å². The first-order chi connectivity index (χ1) is 8.02. The molecule has 5 heteroatoms. The molecule has 0 aliphatic heterocycles. The standard InChI is InChI=1S/C15H22BP.2ClH.Ti/c1-10-11(2)15(17-12(10)3)14(16(4)5)13-8-6-7-9-13;;;/h6-9,13-14,17H,1-5H3;2*1H;/q;;;+2/p-2. The molecular weight excluding hydrogens is 341 g/mol. The third-order valence-electron chi connectivity index (χ3n) is 4.10. The Morgan fingerprint density at radius 1 is 1.00 bits per heavy atom. The van der Waals surface area contributed by atoms with Crippen molar-refractivity contribution in [3.05, 3.63) is 46.0 Å². The Bertz CT molecular complexity index is 468. The van der Waals surface area contributed by atoms with E-state index in [-0.39, 0.29) is 46.5 Å². The molecule has 1 heterocycles. The van der Waals surface area contributed by atoms with Crippen molar-refractivity contribution in [1.82, 2.24) is 0 Å². The minimum Gasteiger partial charge on any atom is -1.00 e. The summed E-state index contributed by atoms with van der Waals surface area (Å²) in [5.41, 5.74) is 3.10. The third-order valence-corrected chi connectivity index (χ3v) is 5.82. The van der Waals surface area contributed by atoms with Crippen LogP contribution in [0.25, 0.3) is 0 Å². The molecule has 20 heavy (non-hydrogen) atoms. The van der Waals surface area contributed by atoms with E-state index in [0.717, 1.165) is 8.19 Å². The normalized spacial score (nSPS) is 14.7.